The normalized spacial score (nSPS) is 16.9. The van der Waals surface area contributed by atoms with Crippen LogP contribution in [0.3, 0.4) is 0 Å². The van der Waals surface area contributed by atoms with Gasteiger partial charge in [-0.15, -0.1) is 0 Å². The molecule has 4 rings (SSSR count). The van der Waals surface area contributed by atoms with E-state index in [0.717, 1.165) is 50.1 Å². The summed E-state index contributed by atoms with van der Waals surface area (Å²) in [5, 5.41) is 0. The van der Waals surface area contributed by atoms with Crippen molar-refractivity contribution in [3.05, 3.63) is 65.7 Å². The average Bonchev–Trinajstić information content (AvgIpc) is 3.64. The summed E-state index contributed by atoms with van der Waals surface area (Å²) in [6, 6.07) is 17.5. The first-order valence-corrected chi connectivity index (χ1v) is 11.0. The molecule has 0 bridgehead atoms. The van der Waals surface area contributed by atoms with Gasteiger partial charge in [0.05, 0.1) is 0 Å². The highest BCUT2D eigenvalue weighted by Gasteiger charge is 2.35. The summed E-state index contributed by atoms with van der Waals surface area (Å²) < 4.78 is 6.11. The highest BCUT2D eigenvalue weighted by atomic mass is 16.5. The van der Waals surface area contributed by atoms with Crippen molar-refractivity contribution in [1.82, 2.24) is 9.80 Å². The van der Waals surface area contributed by atoms with E-state index in [1.807, 2.05) is 71.3 Å². The molecule has 2 aromatic carbocycles. The number of carbonyl (C=O) groups excluding carboxylic acids is 2. The fourth-order valence-electron chi connectivity index (χ4n) is 3.96. The molecule has 5 nitrogen and oxygen atoms in total. The van der Waals surface area contributed by atoms with Gasteiger partial charge >= 0.3 is 0 Å². The number of hydrogen-bond donors (Lipinski definition) is 0. The number of piperidine rings is 1. The van der Waals surface area contributed by atoms with Crippen molar-refractivity contribution in [2.75, 3.05) is 19.6 Å². The summed E-state index contributed by atoms with van der Waals surface area (Å²) in [4.78, 5) is 28.9. The third kappa shape index (κ3) is 5.02. The van der Waals surface area contributed by atoms with Crippen LogP contribution < -0.4 is 4.74 Å². The summed E-state index contributed by atoms with van der Waals surface area (Å²) >= 11 is 0. The molecule has 1 aliphatic heterocycles. The quantitative estimate of drug-likeness (QED) is 0.695. The molecule has 1 saturated heterocycles. The van der Waals surface area contributed by atoms with Gasteiger partial charge in [-0.25, -0.2) is 0 Å². The molecule has 2 amide bonds. The highest BCUT2D eigenvalue weighted by molar-refractivity contribution is 5.94. The molecule has 30 heavy (non-hydrogen) atoms. The van der Waals surface area contributed by atoms with Crippen LogP contribution in [0.1, 0.15) is 48.5 Å². The smallest absolute Gasteiger partial charge is 0.254 e. The summed E-state index contributed by atoms with van der Waals surface area (Å²) in [6.45, 7) is 4.82. The van der Waals surface area contributed by atoms with Crippen LogP contribution in [0.25, 0.3) is 0 Å². The Bertz CT molecular complexity index is 854. The first kappa shape index (κ1) is 20.5. The molecule has 2 aliphatic rings. The van der Waals surface area contributed by atoms with E-state index < -0.39 is 0 Å². The van der Waals surface area contributed by atoms with E-state index in [1.165, 1.54) is 0 Å². The Morgan fingerprint density at radius 1 is 0.967 bits per heavy atom. The van der Waals surface area contributed by atoms with Gasteiger partial charge in [-0.2, -0.15) is 0 Å². The predicted molar refractivity (Wildman–Crippen MR) is 116 cm³/mol. The van der Waals surface area contributed by atoms with E-state index >= 15 is 0 Å². The number of amides is 2. The number of ether oxygens (including phenoxy) is 1. The molecule has 5 heteroatoms. The minimum atomic E-state index is 0.0276. The Morgan fingerprint density at radius 2 is 1.63 bits per heavy atom. The van der Waals surface area contributed by atoms with Crippen LogP contribution in [0.4, 0.5) is 0 Å². The Kier molecular flexibility index (Phi) is 6.36. The minimum absolute atomic E-state index is 0.0276. The van der Waals surface area contributed by atoms with E-state index in [-0.39, 0.29) is 17.9 Å². The van der Waals surface area contributed by atoms with Gasteiger partial charge in [0.25, 0.3) is 5.91 Å². The SMILES string of the molecule is CCN(Cc1ccccc1)C(=O)c1ccc(OC2CCN(C(=O)C3CC3)CC2)cc1. The maximum Gasteiger partial charge on any atom is 0.254 e. The first-order chi connectivity index (χ1) is 14.6. The Morgan fingerprint density at radius 3 is 2.23 bits per heavy atom. The fraction of sp³-hybridized carbons (Fsp3) is 0.440. The Hall–Kier alpha value is -2.82. The van der Waals surface area contributed by atoms with Gasteiger partial charge in [0.15, 0.2) is 0 Å². The Labute approximate surface area is 178 Å². The molecule has 1 heterocycles. The van der Waals surface area contributed by atoms with Gasteiger partial charge in [-0.05, 0) is 49.6 Å². The van der Waals surface area contributed by atoms with E-state index in [0.29, 0.717) is 24.6 Å². The number of likely N-dealkylation sites (tertiary alicyclic amines) is 1. The standard InChI is InChI=1S/C25H30N2O3/c1-2-26(18-19-6-4-3-5-7-19)24(28)21-10-12-22(13-11-21)30-23-14-16-27(17-15-23)25(29)20-8-9-20/h3-7,10-13,20,23H,2,8-9,14-18H2,1H3. The molecule has 158 valence electrons. The second-order valence-electron chi connectivity index (χ2n) is 8.25. The van der Waals surface area contributed by atoms with Crippen molar-refractivity contribution in [3.8, 4) is 5.75 Å². The van der Waals surface area contributed by atoms with Crippen LogP contribution >= 0.6 is 0 Å². The van der Waals surface area contributed by atoms with Crippen molar-refractivity contribution >= 4 is 11.8 Å². The van der Waals surface area contributed by atoms with Crippen LogP contribution in [-0.2, 0) is 11.3 Å². The van der Waals surface area contributed by atoms with Crippen LogP contribution in [0.15, 0.2) is 54.6 Å². The molecule has 0 radical (unpaired) electrons. The van der Waals surface area contributed by atoms with Gasteiger partial charge in [0, 0.05) is 50.5 Å². The van der Waals surface area contributed by atoms with Crippen molar-refractivity contribution in [1.29, 1.82) is 0 Å². The van der Waals surface area contributed by atoms with Crippen molar-refractivity contribution in [2.24, 2.45) is 5.92 Å². The first-order valence-electron chi connectivity index (χ1n) is 11.0. The molecule has 0 aromatic heterocycles. The maximum absolute atomic E-state index is 12.9. The number of rotatable bonds is 7. The van der Waals surface area contributed by atoms with Crippen LogP contribution in [0, 0.1) is 5.92 Å². The lowest BCUT2D eigenvalue weighted by molar-refractivity contribution is -0.134. The molecular formula is C25H30N2O3. The molecule has 1 aliphatic carbocycles. The molecule has 0 unspecified atom stereocenters. The van der Waals surface area contributed by atoms with E-state index in [4.69, 9.17) is 4.74 Å². The van der Waals surface area contributed by atoms with E-state index in [1.54, 1.807) is 0 Å². The van der Waals surface area contributed by atoms with Gasteiger partial charge in [-0.3, -0.25) is 9.59 Å². The van der Waals surface area contributed by atoms with Gasteiger partial charge in [0.1, 0.15) is 11.9 Å². The number of nitrogens with zero attached hydrogens (tertiary/aromatic N) is 2. The summed E-state index contributed by atoms with van der Waals surface area (Å²) in [5.74, 6) is 1.42. The molecule has 0 atom stereocenters. The highest BCUT2D eigenvalue weighted by Crippen LogP contribution is 2.32. The van der Waals surface area contributed by atoms with Gasteiger partial charge < -0.3 is 14.5 Å². The lowest BCUT2D eigenvalue weighted by Gasteiger charge is -2.32. The third-order valence-corrected chi connectivity index (χ3v) is 5.97. The molecule has 0 N–H and O–H groups in total. The Balaban J connectivity index is 1.30. The van der Waals surface area contributed by atoms with Crippen LogP contribution in [0.2, 0.25) is 0 Å². The number of hydrogen-bond acceptors (Lipinski definition) is 3. The number of carbonyl (C=O) groups is 2. The summed E-state index contributed by atoms with van der Waals surface area (Å²) in [5.41, 5.74) is 1.80. The summed E-state index contributed by atoms with van der Waals surface area (Å²) in [6.07, 6.45) is 3.96. The zero-order valence-corrected chi connectivity index (χ0v) is 17.6. The van der Waals surface area contributed by atoms with Crippen molar-refractivity contribution in [3.63, 3.8) is 0 Å². The van der Waals surface area contributed by atoms with Crippen LogP contribution in [-0.4, -0.2) is 47.4 Å². The second kappa shape index (κ2) is 9.33. The largest absolute Gasteiger partial charge is 0.490 e. The zero-order chi connectivity index (χ0) is 20.9. The topological polar surface area (TPSA) is 49.9 Å². The van der Waals surface area contributed by atoms with E-state index in [2.05, 4.69) is 0 Å². The molecule has 0 spiro atoms. The lowest BCUT2D eigenvalue weighted by Crippen LogP contribution is -2.42. The minimum Gasteiger partial charge on any atom is -0.490 e. The molecule has 2 aromatic rings. The van der Waals surface area contributed by atoms with Gasteiger partial charge in [0.2, 0.25) is 5.91 Å². The zero-order valence-electron chi connectivity index (χ0n) is 17.6. The predicted octanol–water partition coefficient (Wildman–Crippen LogP) is 4.13. The molecule has 1 saturated carbocycles. The number of benzene rings is 2. The third-order valence-electron chi connectivity index (χ3n) is 5.97. The van der Waals surface area contributed by atoms with Crippen molar-refractivity contribution in [2.45, 2.75) is 45.3 Å². The van der Waals surface area contributed by atoms with Crippen LogP contribution in [0.5, 0.6) is 5.75 Å². The maximum atomic E-state index is 12.9. The average molecular weight is 407 g/mol. The van der Waals surface area contributed by atoms with E-state index in [9.17, 15) is 9.59 Å². The second-order valence-corrected chi connectivity index (χ2v) is 8.25. The fourth-order valence-corrected chi connectivity index (χ4v) is 3.96. The lowest BCUT2D eigenvalue weighted by atomic mass is 10.1. The monoisotopic (exact) mass is 406 g/mol. The van der Waals surface area contributed by atoms with Crippen molar-refractivity contribution < 1.29 is 14.3 Å². The van der Waals surface area contributed by atoms with Gasteiger partial charge in [-0.1, -0.05) is 30.3 Å². The molecular weight excluding hydrogens is 376 g/mol. The molecule has 2 fully saturated rings. The summed E-state index contributed by atoms with van der Waals surface area (Å²) in [7, 11) is 0.